The van der Waals surface area contributed by atoms with Crippen molar-refractivity contribution in [3.63, 3.8) is 0 Å². The van der Waals surface area contributed by atoms with E-state index in [1.807, 2.05) is 24.3 Å². The number of phenolic OH excluding ortho intramolecular Hbond substituents is 2. The molecule has 3 aromatic carbocycles. The van der Waals surface area contributed by atoms with Gasteiger partial charge in [0.25, 0.3) is 0 Å². The molecule has 0 saturated heterocycles. The summed E-state index contributed by atoms with van der Waals surface area (Å²) in [6, 6.07) is 16.4. The van der Waals surface area contributed by atoms with Crippen molar-refractivity contribution in [2.24, 2.45) is 5.73 Å². The number of hydrogen-bond acceptors (Lipinski definition) is 7. The highest BCUT2D eigenvalue weighted by Crippen LogP contribution is 2.20. The lowest BCUT2D eigenvalue weighted by Crippen LogP contribution is -2.57. The first kappa shape index (κ1) is 30.6. The Morgan fingerprint density at radius 2 is 1.28 bits per heavy atom. The summed E-state index contributed by atoms with van der Waals surface area (Å²) < 4.78 is 0. The topological polar surface area (TPSA) is 207 Å². The van der Waals surface area contributed by atoms with E-state index in [2.05, 4.69) is 20.9 Å². The maximum atomic E-state index is 13.7. The van der Waals surface area contributed by atoms with Gasteiger partial charge in [-0.1, -0.05) is 42.5 Å². The van der Waals surface area contributed by atoms with Crippen LogP contribution in [0.5, 0.6) is 11.5 Å². The van der Waals surface area contributed by atoms with E-state index < -0.39 is 48.4 Å². The van der Waals surface area contributed by atoms with Crippen molar-refractivity contribution in [1.82, 2.24) is 20.9 Å². The van der Waals surface area contributed by atoms with E-state index in [0.29, 0.717) is 11.1 Å². The van der Waals surface area contributed by atoms with E-state index in [1.165, 1.54) is 24.3 Å². The van der Waals surface area contributed by atoms with E-state index in [4.69, 9.17) is 10.8 Å². The largest absolute Gasteiger partial charge is 0.508 e. The molecule has 1 heterocycles. The third kappa shape index (κ3) is 8.57. The number of fused-ring (bicyclic) bond motifs is 1. The van der Waals surface area contributed by atoms with Gasteiger partial charge < -0.3 is 42.0 Å². The second-order valence-corrected chi connectivity index (χ2v) is 10.1. The fourth-order valence-corrected chi connectivity index (χ4v) is 4.62. The van der Waals surface area contributed by atoms with Crippen molar-refractivity contribution in [3.05, 3.63) is 95.7 Å². The molecule has 224 valence electrons. The molecule has 43 heavy (non-hydrogen) atoms. The molecule has 3 amide bonds. The molecule has 0 saturated carbocycles. The van der Waals surface area contributed by atoms with Crippen LogP contribution in [-0.2, 0) is 38.4 Å². The van der Waals surface area contributed by atoms with Crippen LogP contribution < -0.4 is 21.7 Å². The predicted molar refractivity (Wildman–Crippen MR) is 158 cm³/mol. The number of phenols is 2. The molecular weight excluding hydrogens is 554 g/mol. The summed E-state index contributed by atoms with van der Waals surface area (Å²) in [4.78, 5) is 54.1. The van der Waals surface area contributed by atoms with Crippen molar-refractivity contribution in [2.45, 2.75) is 37.4 Å². The van der Waals surface area contributed by atoms with Crippen molar-refractivity contribution >= 4 is 34.6 Å². The van der Waals surface area contributed by atoms with Crippen LogP contribution in [-0.4, -0.2) is 68.7 Å². The van der Waals surface area contributed by atoms with E-state index in [-0.39, 0.29) is 30.8 Å². The molecule has 4 aromatic rings. The molecule has 12 nitrogen and oxygen atoms in total. The van der Waals surface area contributed by atoms with Crippen molar-refractivity contribution in [2.75, 3.05) is 6.54 Å². The highest BCUT2D eigenvalue weighted by atomic mass is 16.4. The molecule has 4 rings (SSSR count). The number of para-hydroxylation sites is 1. The zero-order valence-corrected chi connectivity index (χ0v) is 23.1. The number of carboxylic acids is 1. The van der Waals surface area contributed by atoms with Gasteiger partial charge in [0.1, 0.15) is 30.1 Å². The number of carboxylic acid groups (broad SMARTS) is 1. The van der Waals surface area contributed by atoms with Crippen LogP contribution in [0.15, 0.2) is 79.0 Å². The van der Waals surface area contributed by atoms with Gasteiger partial charge in [-0.05, 0) is 53.4 Å². The minimum atomic E-state index is -1.25. The molecule has 0 spiro atoms. The summed E-state index contributed by atoms with van der Waals surface area (Å²) in [6.07, 6.45) is 1.94. The van der Waals surface area contributed by atoms with Crippen LogP contribution in [0.2, 0.25) is 0 Å². The number of aliphatic carboxylic acids is 1. The Morgan fingerprint density at radius 1 is 0.721 bits per heavy atom. The fourth-order valence-electron chi connectivity index (χ4n) is 4.62. The maximum Gasteiger partial charge on any atom is 0.322 e. The third-order valence-corrected chi connectivity index (χ3v) is 6.88. The zero-order valence-electron chi connectivity index (χ0n) is 23.1. The number of nitrogens with two attached hydrogens (primary N) is 1. The van der Waals surface area contributed by atoms with Crippen LogP contribution in [0.1, 0.15) is 16.7 Å². The molecule has 1 aromatic heterocycles. The Morgan fingerprint density at radius 3 is 1.91 bits per heavy atom. The number of aromatic amines is 1. The number of aromatic hydroxyl groups is 2. The summed E-state index contributed by atoms with van der Waals surface area (Å²) >= 11 is 0. The quantitative estimate of drug-likeness (QED) is 0.113. The number of carbonyl (C=O) groups excluding carboxylic acids is 3. The molecule has 3 unspecified atom stereocenters. The van der Waals surface area contributed by atoms with Gasteiger partial charge >= 0.3 is 5.97 Å². The minimum Gasteiger partial charge on any atom is -0.508 e. The lowest BCUT2D eigenvalue weighted by molar-refractivity contribution is -0.138. The Labute approximate surface area is 246 Å². The number of aromatic nitrogens is 1. The van der Waals surface area contributed by atoms with E-state index >= 15 is 0 Å². The fraction of sp³-hybridized carbons (Fsp3) is 0.226. The lowest BCUT2D eigenvalue weighted by atomic mass is 10.0. The normalized spacial score (nSPS) is 13.0. The molecule has 0 aliphatic heterocycles. The van der Waals surface area contributed by atoms with Gasteiger partial charge in [0.15, 0.2) is 0 Å². The van der Waals surface area contributed by atoms with Crippen LogP contribution in [0.25, 0.3) is 10.9 Å². The number of benzene rings is 3. The van der Waals surface area contributed by atoms with Crippen LogP contribution in [0.4, 0.5) is 0 Å². The van der Waals surface area contributed by atoms with Gasteiger partial charge in [-0.15, -0.1) is 0 Å². The van der Waals surface area contributed by atoms with Gasteiger partial charge in [0.05, 0.1) is 6.04 Å². The van der Waals surface area contributed by atoms with Crippen molar-refractivity contribution in [3.8, 4) is 11.5 Å². The lowest BCUT2D eigenvalue weighted by Gasteiger charge is -2.24. The number of hydrogen-bond donors (Lipinski definition) is 8. The summed E-state index contributed by atoms with van der Waals surface area (Å²) in [5.74, 6) is -3.17. The van der Waals surface area contributed by atoms with E-state index in [0.717, 1.165) is 16.5 Å². The molecule has 9 N–H and O–H groups in total. The first-order valence-corrected chi connectivity index (χ1v) is 13.6. The van der Waals surface area contributed by atoms with Gasteiger partial charge in [0, 0.05) is 29.9 Å². The zero-order chi connectivity index (χ0) is 30.9. The average Bonchev–Trinajstić information content (AvgIpc) is 3.40. The maximum absolute atomic E-state index is 13.7. The highest BCUT2D eigenvalue weighted by Gasteiger charge is 2.29. The number of nitrogens with one attached hydrogen (secondary N) is 4. The van der Waals surface area contributed by atoms with Gasteiger partial charge in [-0.2, -0.15) is 0 Å². The number of rotatable bonds is 13. The molecule has 0 fully saturated rings. The smallest absolute Gasteiger partial charge is 0.322 e. The Kier molecular flexibility index (Phi) is 9.97. The monoisotopic (exact) mass is 587 g/mol. The standard InChI is InChI=1S/C31H33N5O7/c32-24(13-18-5-9-21(37)10-6-18)29(41)35-27(15-20-16-33-25-4-2-1-3-23(20)25)31(43)36-26(30(42)34-17-28(39)40)14-19-7-11-22(38)12-8-19/h1-12,16,24,26-27,33,37-38H,13-15,17,32H2,(H,34,42)(H,35,41)(H,36,43)(H,39,40). The van der Waals surface area contributed by atoms with Gasteiger partial charge in [-0.25, -0.2) is 0 Å². The first-order chi connectivity index (χ1) is 20.6. The van der Waals surface area contributed by atoms with Gasteiger partial charge in [-0.3, -0.25) is 19.2 Å². The van der Waals surface area contributed by atoms with Crippen LogP contribution in [0.3, 0.4) is 0 Å². The predicted octanol–water partition coefficient (Wildman–Crippen LogP) is 1.10. The number of carbonyl (C=O) groups is 4. The first-order valence-electron chi connectivity index (χ1n) is 13.6. The summed E-state index contributed by atoms with van der Waals surface area (Å²) in [7, 11) is 0. The molecular formula is C31H33N5O7. The molecule has 12 heteroatoms. The van der Waals surface area contributed by atoms with E-state index in [9.17, 15) is 29.4 Å². The number of amides is 3. The van der Waals surface area contributed by atoms with Crippen molar-refractivity contribution in [1.29, 1.82) is 0 Å². The summed E-state index contributed by atoms with van der Waals surface area (Å²) in [5.41, 5.74) is 9.07. The Balaban J connectivity index is 1.56. The van der Waals surface area contributed by atoms with E-state index in [1.54, 1.807) is 30.5 Å². The van der Waals surface area contributed by atoms with Crippen LogP contribution >= 0.6 is 0 Å². The SMILES string of the molecule is NC(Cc1ccc(O)cc1)C(=O)NC(Cc1c[nH]c2ccccc12)C(=O)NC(Cc1ccc(O)cc1)C(=O)NCC(=O)O. The third-order valence-electron chi connectivity index (χ3n) is 6.88. The van der Waals surface area contributed by atoms with Gasteiger partial charge in [0.2, 0.25) is 17.7 Å². The average molecular weight is 588 g/mol. The minimum absolute atomic E-state index is 0.00834. The Bertz CT molecular complexity index is 1580. The summed E-state index contributed by atoms with van der Waals surface area (Å²) in [6.45, 7) is -0.650. The second-order valence-electron chi connectivity index (χ2n) is 10.1. The van der Waals surface area contributed by atoms with Crippen LogP contribution in [0, 0.1) is 0 Å². The molecule has 0 aliphatic rings. The summed E-state index contributed by atoms with van der Waals surface area (Å²) in [5, 5.41) is 36.7. The highest BCUT2D eigenvalue weighted by molar-refractivity contribution is 5.94. The molecule has 0 bridgehead atoms. The number of H-pyrrole nitrogens is 1. The second kappa shape index (κ2) is 14.0. The van der Waals surface area contributed by atoms with Crippen molar-refractivity contribution < 1.29 is 34.5 Å². The molecule has 0 aliphatic carbocycles. The molecule has 3 atom stereocenters. The Hall–Kier alpha value is -5.36. The molecule has 0 radical (unpaired) electrons.